The Bertz CT molecular complexity index is 2320. The summed E-state index contributed by atoms with van der Waals surface area (Å²) in [5.74, 6) is -2.13. The summed E-state index contributed by atoms with van der Waals surface area (Å²) in [6.07, 6.45) is -17.5. The molecule has 8 rings (SSSR count). The van der Waals surface area contributed by atoms with Gasteiger partial charge in [0.2, 0.25) is 0 Å². The van der Waals surface area contributed by atoms with Crippen LogP contribution in [-0.2, 0) is 14.2 Å². The number of H-pyrrole nitrogens is 1. The van der Waals surface area contributed by atoms with Crippen molar-refractivity contribution in [2.24, 2.45) is 0 Å². The van der Waals surface area contributed by atoms with Crippen LogP contribution in [0.3, 0.4) is 0 Å². The van der Waals surface area contributed by atoms with Gasteiger partial charge in [-0.15, -0.1) is 0 Å². The van der Waals surface area contributed by atoms with Gasteiger partial charge in [-0.25, -0.2) is 10.4 Å². The SMILES string of the molecule is O=C1c2c(c3c4ccc(O)cc4n([C@@H]4O[C@H](CO)[C@@H](O)[C@H](O[C@@H]5O[C@H](CO)[C@@H](O)[C@H](O)[C@H]5O)[C@H]4O)c3c3[nH]c4cc(O)ccc4c23)C(=O)N1NC(CO)CO. The number of benzene rings is 3. The van der Waals surface area contributed by atoms with Gasteiger partial charge in [-0.2, -0.15) is 0 Å². The van der Waals surface area contributed by atoms with Gasteiger partial charge >= 0.3 is 0 Å². The first kappa shape index (κ1) is 37.4. The molecule has 0 spiro atoms. The second-order valence-corrected chi connectivity index (χ2v) is 13.8. The number of carbonyl (C=O) groups excluding carboxylic acids is 2. The maximum atomic E-state index is 14.4. The van der Waals surface area contributed by atoms with E-state index in [1.165, 1.54) is 41.0 Å². The van der Waals surface area contributed by atoms with Crippen molar-refractivity contribution >= 4 is 55.4 Å². The number of fused-ring (bicyclic) bond motifs is 10. The largest absolute Gasteiger partial charge is 0.508 e. The van der Waals surface area contributed by atoms with Gasteiger partial charge in [0.1, 0.15) is 60.3 Å². The number of nitrogens with zero attached hydrogens (tertiary/aromatic N) is 2. The van der Waals surface area contributed by atoms with E-state index in [-0.39, 0.29) is 55.3 Å². The number of carbonyl (C=O) groups is 2. The monoisotopic (exact) mass is 770 g/mol. The number of aliphatic hydroxyl groups is 9. The number of hydrazine groups is 1. The van der Waals surface area contributed by atoms with Crippen LogP contribution in [0.2, 0.25) is 0 Å². The van der Waals surface area contributed by atoms with E-state index < -0.39 is 106 Å². The molecule has 5 heterocycles. The number of phenols is 2. The summed E-state index contributed by atoms with van der Waals surface area (Å²) in [6.45, 7) is -2.92. The van der Waals surface area contributed by atoms with E-state index in [1.54, 1.807) is 0 Å². The zero-order chi connectivity index (χ0) is 39.2. The number of aromatic nitrogens is 2. The molecular weight excluding hydrogens is 732 g/mol. The molecule has 13 N–H and O–H groups in total. The Hall–Kier alpha value is -4.52. The van der Waals surface area contributed by atoms with Gasteiger partial charge < -0.3 is 79.9 Å². The van der Waals surface area contributed by atoms with Gasteiger partial charge in [0, 0.05) is 33.7 Å². The van der Waals surface area contributed by atoms with E-state index in [2.05, 4.69) is 10.4 Å². The minimum absolute atomic E-state index is 0.0868. The predicted octanol–water partition coefficient (Wildman–Crippen LogP) is -2.91. The number of nitrogens with one attached hydrogen (secondary N) is 2. The van der Waals surface area contributed by atoms with Crippen molar-refractivity contribution < 1.29 is 80.0 Å². The highest BCUT2D eigenvalue weighted by Gasteiger charge is 2.52. The van der Waals surface area contributed by atoms with Gasteiger partial charge in [0.15, 0.2) is 12.5 Å². The molecule has 0 bridgehead atoms. The number of rotatable bonds is 9. The molecular formula is C35H38N4O16. The first-order valence-electron chi connectivity index (χ1n) is 17.3. The Balaban J connectivity index is 1.38. The van der Waals surface area contributed by atoms with Gasteiger partial charge in [0.05, 0.1) is 65.7 Å². The Morgan fingerprint density at radius 1 is 0.745 bits per heavy atom. The van der Waals surface area contributed by atoms with E-state index in [1.807, 2.05) is 0 Å². The molecule has 10 atom stereocenters. The normalized spacial score (nSPS) is 30.2. The van der Waals surface area contributed by atoms with E-state index in [9.17, 15) is 65.8 Å². The Kier molecular flexibility index (Phi) is 9.45. The standard InChI is InChI=1S/C35H38N4O16/c40-7-11(8-41)37-39-32(51)22-20-14-3-1-12(44)5-16(14)36-24(20)25-21(23(22)33(39)52)15-4-2-13(45)6-17(15)38(25)34-30(50)31(27(47)19(10-43)53-34)55-35-29(49)28(48)26(46)18(9-42)54-35/h1-6,11,18-19,26-31,34-37,40-50H,7-10H2/t18-,19-,26-,27-,28+,29-,30-,31+,34-,35+/m1/s1. The molecule has 3 aliphatic heterocycles. The minimum Gasteiger partial charge on any atom is -0.508 e. The molecule has 5 aromatic rings. The summed E-state index contributed by atoms with van der Waals surface area (Å²) in [7, 11) is 0. The van der Waals surface area contributed by atoms with Crippen LogP contribution in [0.1, 0.15) is 26.9 Å². The smallest absolute Gasteiger partial charge is 0.276 e. The van der Waals surface area contributed by atoms with Crippen LogP contribution in [0.4, 0.5) is 0 Å². The summed E-state index contributed by atoms with van der Waals surface area (Å²) in [5.41, 5.74) is 3.07. The van der Waals surface area contributed by atoms with Gasteiger partial charge in [-0.3, -0.25) is 9.59 Å². The first-order chi connectivity index (χ1) is 26.3. The second-order valence-electron chi connectivity index (χ2n) is 13.8. The number of hydrogen-bond donors (Lipinski definition) is 13. The number of amides is 2. The Morgan fingerprint density at radius 2 is 1.36 bits per heavy atom. The summed E-state index contributed by atoms with van der Waals surface area (Å²) in [6, 6.07) is 7.21. The molecule has 0 unspecified atom stereocenters. The lowest BCUT2D eigenvalue weighted by Crippen LogP contribution is -2.63. The molecule has 20 heteroatoms. The van der Waals surface area contributed by atoms with E-state index in [0.29, 0.717) is 15.9 Å². The van der Waals surface area contributed by atoms with Crippen molar-refractivity contribution in [2.45, 2.75) is 67.4 Å². The van der Waals surface area contributed by atoms with Crippen molar-refractivity contribution in [3.05, 3.63) is 47.5 Å². The third-order valence-electron chi connectivity index (χ3n) is 10.6. The highest BCUT2D eigenvalue weighted by Crippen LogP contribution is 2.48. The van der Waals surface area contributed by atoms with Crippen LogP contribution in [0.25, 0.3) is 43.6 Å². The number of phenolic OH excluding ortho intramolecular Hbond substituents is 2. The molecule has 55 heavy (non-hydrogen) atoms. The third kappa shape index (κ3) is 5.57. The number of imide groups is 1. The van der Waals surface area contributed by atoms with Crippen molar-refractivity contribution in [3.8, 4) is 11.5 Å². The van der Waals surface area contributed by atoms with E-state index in [4.69, 9.17) is 14.2 Å². The third-order valence-corrected chi connectivity index (χ3v) is 10.6. The molecule has 20 nitrogen and oxygen atoms in total. The van der Waals surface area contributed by atoms with Gasteiger partial charge in [-0.1, -0.05) is 0 Å². The Morgan fingerprint density at radius 3 is 2.02 bits per heavy atom. The van der Waals surface area contributed by atoms with Crippen LogP contribution in [0, 0.1) is 0 Å². The fourth-order valence-electron chi connectivity index (χ4n) is 7.89. The topological polar surface area (TPSA) is 320 Å². The summed E-state index contributed by atoms with van der Waals surface area (Å²) in [4.78, 5) is 31.8. The van der Waals surface area contributed by atoms with Crippen molar-refractivity contribution in [3.63, 3.8) is 0 Å². The van der Waals surface area contributed by atoms with Crippen molar-refractivity contribution in [1.82, 2.24) is 20.0 Å². The summed E-state index contributed by atoms with van der Waals surface area (Å²) >= 11 is 0. The molecule has 2 aromatic heterocycles. The maximum absolute atomic E-state index is 14.4. The average Bonchev–Trinajstić information content (AvgIpc) is 3.78. The van der Waals surface area contributed by atoms with Gasteiger partial charge in [0.25, 0.3) is 11.8 Å². The lowest BCUT2D eigenvalue weighted by atomic mass is 9.95. The fraction of sp³-hybridized carbons (Fsp3) is 0.429. The predicted molar refractivity (Wildman–Crippen MR) is 185 cm³/mol. The molecule has 3 aliphatic rings. The lowest BCUT2D eigenvalue weighted by molar-refractivity contribution is -0.346. The number of aromatic hydroxyl groups is 2. The first-order valence-corrected chi connectivity index (χ1v) is 17.3. The van der Waals surface area contributed by atoms with E-state index >= 15 is 0 Å². The minimum atomic E-state index is -1.94. The lowest BCUT2D eigenvalue weighted by Gasteiger charge is -2.46. The molecule has 294 valence electrons. The van der Waals surface area contributed by atoms with Crippen LogP contribution in [0.15, 0.2) is 36.4 Å². The molecule has 2 saturated heterocycles. The molecule has 0 radical (unpaired) electrons. The van der Waals surface area contributed by atoms with Crippen LogP contribution in [-0.4, -0.2) is 170 Å². The van der Waals surface area contributed by atoms with E-state index in [0.717, 1.165) is 0 Å². The number of hydrogen-bond acceptors (Lipinski definition) is 17. The maximum Gasteiger partial charge on any atom is 0.276 e. The fourth-order valence-corrected chi connectivity index (χ4v) is 7.89. The van der Waals surface area contributed by atoms with Crippen molar-refractivity contribution in [1.29, 1.82) is 0 Å². The molecule has 0 aliphatic carbocycles. The van der Waals surface area contributed by atoms with Crippen LogP contribution >= 0.6 is 0 Å². The molecule has 2 amide bonds. The Labute approximate surface area is 308 Å². The quantitative estimate of drug-likeness (QED) is 0.0668. The molecule has 2 fully saturated rings. The summed E-state index contributed by atoms with van der Waals surface area (Å²) in [5, 5.41) is 117. The van der Waals surface area contributed by atoms with Crippen LogP contribution < -0.4 is 5.43 Å². The van der Waals surface area contributed by atoms with Gasteiger partial charge in [-0.05, 0) is 24.3 Å². The highest BCUT2D eigenvalue weighted by molar-refractivity contribution is 6.39. The van der Waals surface area contributed by atoms with Crippen molar-refractivity contribution in [2.75, 3.05) is 26.4 Å². The number of ether oxygens (including phenoxy) is 3. The zero-order valence-corrected chi connectivity index (χ0v) is 28.5. The number of aromatic amines is 1. The molecule has 0 saturated carbocycles. The average molecular weight is 771 g/mol. The second kappa shape index (κ2) is 13.9. The number of aliphatic hydroxyl groups excluding tert-OH is 9. The van der Waals surface area contributed by atoms with Crippen LogP contribution in [0.5, 0.6) is 11.5 Å². The highest BCUT2D eigenvalue weighted by atomic mass is 16.7. The zero-order valence-electron chi connectivity index (χ0n) is 28.5. The summed E-state index contributed by atoms with van der Waals surface area (Å²) < 4.78 is 18.8. The molecule has 3 aromatic carbocycles.